The van der Waals surface area contributed by atoms with E-state index in [0.717, 1.165) is 62.1 Å². The number of fused-ring (bicyclic) bond motifs is 2. The predicted molar refractivity (Wildman–Crippen MR) is 104 cm³/mol. The van der Waals surface area contributed by atoms with E-state index in [1.54, 1.807) is 0 Å². The maximum atomic E-state index is 5.49. The topological polar surface area (TPSA) is 42.8 Å². The van der Waals surface area contributed by atoms with Crippen LogP contribution in [0.3, 0.4) is 0 Å². The number of aromatic nitrogens is 2. The van der Waals surface area contributed by atoms with E-state index in [1.807, 2.05) is 12.1 Å². The van der Waals surface area contributed by atoms with Gasteiger partial charge in [0.25, 0.3) is 0 Å². The second-order valence-electron chi connectivity index (χ2n) is 7.32. The van der Waals surface area contributed by atoms with Gasteiger partial charge in [0.2, 0.25) is 6.79 Å². The van der Waals surface area contributed by atoms with Gasteiger partial charge in [0, 0.05) is 39.8 Å². The van der Waals surface area contributed by atoms with E-state index >= 15 is 0 Å². The van der Waals surface area contributed by atoms with Gasteiger partial charge in [0.1, 0.15) is 5.82 Å². The van der Waals surface area contributed by atoms with Gasteiger partial charge in [0.05, 0.1) is 17.6 Å². The Hall–Kier alpha value is -2.57. The molecule has 5 rings (SSSR count). The number of nitrogens with zero attached hydrogens (tertiary/aromatic N) is 4. The minimum Gasteiger partial charge on any atom is -0.454 e. The third-order valence-corrected chi connectivity index (χ3v) is 5.55. The molecule has 2 aromatic carbocycles. The Morgan fingerprint density at radius 2 is 1.63 bits per heavy atom. The van der Waals surface area contributed by atoms with Crippen LogP contribution in [-0.2, 0) is 20.1 Å². The summed E-state index contributed by atoms with van der Waals surface area (Å²) >= 11 is 0. The number of piperazine rings is 1. The van der Waals surface area contributed by atoms with Gasteiger partial charge < -0.3 is 14.0 Å². The highest BCUT2D eigenvalue weighted by molar-refractivity contribution is 5.75. The van der Waals surface area contributed by atoms with E-state index in [4.69, 9.17) is 14.5 Å². The van der Waals surface area contributed by atoms with Crippen molar-refractivity contribution in [3.63, 3.8) is 0 Å². The first-order chi connectivity index (χ1) is 13.3. The molecule has 1 aromatic heterocycles. The number of para-hydroxylation sites is 2. The van der Waals surface area contributed by atoms with Gasteiger partial charge in [-0.1, -0.05) is 18.2 Å². The number of ether oxygens (including phenoxy) is 2. The Kier molecular flexibility index (Phi) is 4.22. The lowest BCUT2D eigenvalue weighted by Crippen LogP contribution is -2.45. The number of rotatable bonds is 4. The first-order valence-corrected chi connectivity index (χ1v) is 9.50. The molecule has 27 heavy (non-hydrogen) atoms. The molecule has 140 valence electrons. The Morgan fingerprint density at radius 3 is 2.44 bits per heavy atom. The highest BCUT2D eigenvalue weighted by Crippen LogP contribution is 2.32. The molecule has 1 fully saturated rings. The molecule has 0 bridgehead atoms. The van der Waals surface area contributed by atoms with E-state index in [-0.39, 0.29) is 0 Å². The van der Waals surface area contributed by atoms with Crippen LogP contribution in [0.5, 0.6) is 11.5 Å². The van der Waals surface area contributed by atoms with E-state index in [9.17, 15) is 0 Å². The standard InChI is InChI=1S/C21H24N4O2/c1-23-18-5-3-2-4-17(18)22-21(23)14-25-10-8-24(9-11-25)13-16-6-7-19-20(12-16)27-15-26-19/h2-7,12H,8-11,13-15H2,1H3. The number of aryl methyl sites for hydroxylation is 1. The number of imidazole rings is 1. The molecule has 2 aliphatic rings. The second-order valence-corrected chi connectivity index (χ2v) is 7.32. The molecule has 1 saturated heterocycles. The largest absolute Gasteiger partial charge is 0.454 e. The van der Waals surface area contributed by atoms with Gasteiger partial charge in [-0.15, -0.1) is 0 Å². The Bertz CT molecular complexity index is 960. The quantitative estimate of drug-likeness (QED) is 0.712. The summed E-state index contributed by atoms with van der Waals surface area (Å²) in [5, 5.41) is 0. The van der Waals surface area contributed by atoms with E-state index in [2.05, 4.69) is 51.7 Å². The first-order valence-electron chi connectivity index (χ1n) is 9.50. The minimum atomic E-state index is 0.333. The molecule has 2 aliphatic heterocycles. The van der Waals surface area contributed by atoms with Crippen molar-refractivity contribution in [2.75, 3.05) is 33.0 Å². The first kappa shape index (κ1) is 16.6. The monoisotopic (exact) mass is 364 g/mol. The Balaban J connectivity index is 1.19. The average Bonchev–Trinajstić information content (AvgIpc) is 3.28. The van der Waals surface area contributed by atoms with Gasteiger partial charge in [-0.3, -0.25) is 9.80 Å². The molecule has 0 N–H and O–H groups in total. The Labute approximate surface area is 158 Å². The lowest BCUT2D eigenvalue weighted by Gasteiger charge is -2.34. The zero-order valence-electron chi connectivity index (χ0n) is 15.6. The highest BCUT2D eigenvalue weighted by Gasteiger charge is 2.20. The van der Waals surface area contributed by atoms with Crippen LogP contribution in [-0.4, -0.2) is 52.3 Å². The Morgan fingerprint density at radius 1 is 0.889 bits per heavy atom. The maximum Gasteiger partial charge on any atom is 0.231 e. The summed E-state index contributed by atoms with van der Waals surface area (Å²) in [7, 11) is 2.11. The summed E-state index contributed by atoms with van der Waals surface area (Å²) in [6.45, 7) is 6.46. The third-order valence-electron chi connectivity index (χ3n) is 5.55. The lowest BCUT2D eigenvalue weighted by molar-refractivity contribution is 0.119. The molecule has 0 radical (unpaired) electrons. The normalized spacial score (nSPS) is 17.7. The maximum absolute atomic E-state index is 5.49. The summed E-state index contributed by atoms with van der Waals surface area (Å²) in [5.74, 6) is 2.86. The summed E-state index contributed by atoms with van der Waals surface area (Å²) in [5.41, 5.74) is 3.56. The van der Waals surface area contributed by atoms with Crippen LogP contribution in [0.15, 0.2) is 42.5 Å². The molecular weight excluding hydrogens is 340 g/mol. The highest BCUT2D eigenvalue weighted by atomic mass is 16.7. The summed E-state index contributed by atoms with van der Waals surface area (Å²) in [4.78, 5) is 9.81. The van der Waals surface area contributed by atoms with Crippen LogP contribution in [0, 0.1) is 0 Å². The van der Waals surface area contributed by atoms with Crippen molar-refractivity contribution < 1.29 is 9.47 Å². The predicted octanol–water partition coefficient (Wildman–Crippen LogP) is 2.62. The van der Waals surface area contributed by atoms with Crippen molar-refractivity contribution in [3.05, 3.63) is 53.9 Å². The van der Waals surface area contributed by atoms with Crippen molar-refractivity contribution in [2.24, 2.45) is 7.05 Å². The molecular formula is C21H24N4O2. The summed E-state index contributed by atoms with van der Waals surface area (Å²) < 4.78 is 13.1. The zero-order valence-corrected chi connectivity index (χ0v) is 15.6. The molecule has 6 heteroatoms. The van der Waals surface area contributed by atoms with Gasteiger partial charge in [-0.25, -0.2) is 4.98 Å². The molecule has 6 nitrogen and oxygen atoms in total. The number of hydrogen-bond donors (Lipinski definition) is 0. The van der Waals surface area contributed by atoms with Crippen LogP contribution in [0.4, 0.5) is 0 Å². The fourth-order valence-corrected chi connectivity index (χ4v) is 3.94. The van der Waals surface area contributed by atoms with Gasteiger partial charge in [-0.05, 0) is 29.8 Å². The molecule has 3 heterocycles. The molecule has 0 aliphatic carbocycles. The zero-order chi connectivity index (χ0) is 18.2. The van der Waals surface area contributed by atoms with E-state index in [1.165, 1.54) is 11.1 Å². The minimum absolute atomic E-state index is 0.333. The summed E-state index contributed by atoms with van der Waals surface area (Å²) in [6.07, 6.45) is 0. The lowest BCUT2D eigenvalue weighted by atomic mass is 10.1. The van der Waals surface area contributed by atoms with E-state index in [0.29, 0.717) is 6.79 Å². The average molecular weight is 364 g/mol. The number of hydrogen-bond acceptors (Lipinski definition) is 5. The molecule has 0 unspecified atom stereocenters. The molecule has 3 aromatic rings. The van der Waals surface area contributed by atoms with Crippen LogP contribution in [0.25, 0.3) is 11.0 Å². The fraction of sp³-hybridized carbons (Fsp3) is 0.381. The third kappa shape index (κ3) is 3.26. The van der Waals surface area contributed by atoms with Crippen molar-refractivity contribution in [3.8, 4) is 11.5 Å². The van der Waals surface area contributed by atoms with Crippen LogP contribution < -0.4 is 9.47 Å². The van der Waals surface area contributed by atoms with Crippen LogP contribution >= 0.6 is 0 Å². The van der Waals surface area contributed by atoms with Crippen molar-refractivity contribution >= 4 is 11.0 Å². The molecule has 0 spiro atoms. The SMILES string of the molecule is Cn1c(CN2CCN(Cc3ccc4c(c3)OCO4)CC2)nc2ccccc21. The molecule has 0 atom stereocenters. The smallest absolute Gasteiger partial charge is 0.231 e. The van der Waals surface area contributed by atoms with Crippen molar-refractivity contribution in [2.45, 2.75) is 13.1 Å². The van der Waals surface area contributed by atoms with Crippen LogP contribution in [0.2, 0.25) is 0 Å². The van der Waals surface area contributed by atoms with E-state index < -0.39 is 0 Å². The van der Waals surface area contributed by atoms with Crippen molar-refractivity contribution in [1.29, 1.82) is 0 Å². The summed E-state index contributed by atoms with van der Waals surface area (Å²) in [6, 6.07) is 14.6. The molecule has 0 amide bonds. The fourth-order valence-electron chi connectivity index (χ4n) is 3.94. The molecule has 0 saturated carbocycles. The van der Waals surface area contributed by atoms with Gasteiger partial charge in [0.15, 0.2) is 11.5 Å². The van der Waals surface area contributed by atoms with Gasteiger partial charge in [-0.2, -0.15) is 0 Å². The second kappa shape index (κ2) is 6.87. The van der Waals surface area contributed by atoms with Crippen molar-refractivity contribution in [1.82, 2.24) is 19.4 Å². The van der Waals surface area contributed by atoms with Gasteiger partial charge >= 0.3 is 0 Å². The van der Waals surface area contributed by atoms with Crippen LogP contribution in [0.1, 0.15) is 11.4 Å². The number of benzene rings is 2.